The molecular formula is C13H22N2O2S2. The Morgan fingerprint density at radius 1 is 1.37 bits per heavy atom. The first-order valence-electron chi connectivity index (χ1n) is 6.89. The van der Waals surface area contributed by atoms with Crippen LogP contribution in [0.4, 0.5) is 0 Å². The smallest absolute Gasteiger partial charge is 0.244 e. The summed E-state index contributed by atoms with van der Waals surface area (Å²) in [6.45, 7) is 2.74. The molecule has 1 saturated carbocycles. The van der Waals surface area contributed by atoms with E-state index in [9.17, 15) is 8.42 Å². The number of rotatable bonds is 5. The van der Waals surface area contributed by atoms with Gasteiger partial charge in [-0.15, -0.1) is 11.3 Å². The number of nitrogens with zero attached hydrogens (tertiary/aromatic N) is 1. The lowest BCUT2D eigenvalue weighted by Crippen LogP contribution is -2.41. The third-order valence-electron chi connectivity index (χ3n) is 3.77. The summed E-state index contributed by atoms with van der Waals surface area (Å²) in [6, 6.07) is 1.85. The minimum absolute atomic E-state index is 0.161. The third kappa shape index (κ3) is 3.02. The fourth-order valence-electron chi connectivity index (χ4n) is 2.83. The summed E-state index contributed by atoms with van der Waals surface area (Å²) in [5.41, 5.74) is 5.64. The van der Waals surface area contributed by atoms with Gasteiger partial charge in [0.15, 0.2) is 0 Å². The van der Waals surface area contributed by atoms with Gasteiger partial charge in [0, 0.05) is 24.0 Å². The Morgan fingerprint density at radius 2 is 2.05 bits per heavy atom. The Balaban J connectivity index is 2.30. The zero-order chi connectivity index (χ0) is 13.9. The zero-order valence-electron chi connectivity index (χ0n) is 11.3. The molecule has 0 aromatic carbocycles. The number of sulfonamides is 1. The van der Waals surface area contributed by atoms with Crippen molar-refractivity contribution in [3.05, 3.63) is 16.3 Å². The summed E-state index contributed by atoms with van der Waals surface area (Å²) in [6.07, 6.45) is 5.44. The Kier molecular flexibility index (Phi) is 5.00. The van der Waals surface area contributed by atoms with E-state index in [0.29, 0.717) is 11.4 Å². The minimum Gasteiger partial charge on any atom is -0.326 e. The lowest BCUT2D eigenvalue weighted by molar-refractivity contribution is 0.261. The van der Waals surface area contributed by atoms with Gasteiger partial charge >= 0.3 is 0 Å². The van der Waals surface area contributed by atoms with Crippen LogP contribution in [-0.4, -0.2) is 25.3 Å². The summed E-state index contributed by atoms with van der Waals surface area (Å²) in [7, 11) is -3.39. The van der Waals surface area contributed by atoms with Crippen LogP contribution < -0.4 is 5.73 Å². The van der Waals surface area contributed by atoms with E-state index in [2.05, 4.69) is 0 Å². The van der Waals surface area contributed by atoms with E-state index < -0.39 is 10.0 Å². The summed E-state index contributed by atoms with van der Waals surface area (Å²) in [5.74, 6) is 0. The van der Waals surface area contributed by atoms with Gasteiger partial charge in [-0.1, -0.05) is 26.2 Å². The first-order valence-corrected chi connectivity index (χ1v) is 9.21. The maximum absolute atomic E-state index is 12.8. The van der Waals surface area contributed by atoms with Gasteiger partial charge in [0.25, 0.3) is 0 Å². The maximum Gasteiger partial charge on any atom is 0.244 e. The van der Waals surface area contributed by atoms with Gasteiger partial charge in [-0.25, -0.2) is 8.42 Å². The van der Waals surface area contributed by atoms with Crippen molar-refractivity contribution < 1.29 is 8.42 Å². The van der Waals surface area contributed by atoms with Crippen molar-refractivity contribution in [2.45, 2.75) is 56.5 Å². The first kappa shape index (κ1) is 15.0. The second kappa shape index (κ2) is 6.35. The molecule has 1 aliphatic carbocycles. The van der Waals surface area contributed by atoms with Crippen LogP contribution >= 0.6 is 11.3 Å². The van der Waals surface area contributed by atoms with Crippen LogP contribution in [0.1, 0.15) is 43.9 Å². The molecule has 0 radical (unpaired) electrons. The molecule has 0 aliphatic heterocycles. The molecule has 1 heterocycles. The molecule has 108 valence electrons. The standard InChI is InChI=1S/C13H22N2O2S2/c1-2-15(11-6-4-3-5-7-11)19(16,17)13-8-9-18-12(13)10-14/h8-9,11H,2-7,10,14H2,1H3. The van der Waals surface area contributed by atoms with Gasteiger partial charge in [-0.2, -0.15) is 4.31 Å². The molecular weight excluding hydrogens is 280 g/mol. The van der Waals surface area contributed by atoms with E-state index in [0.717, 1.165) is 30.6 Å². The zero-order valence-corrected chi connectivity index (χ0v) is 13.0. The number of hydrogen-bond donors (Lipinski definition) is 1. The van der Waals surface area contributed by atoms with Crippen molar-refractivity contribution in [2.75, 3.05) is 6.54 Å². The van der Waals surface area contributed by atoms with Crippen LogP contribution in [0.3, 0.4) is 0 Å². The fourth-order valence-corrected chi connectivity index (χ4v) is 5.83. The highest BCUT2D eigenvalue weighted by atomic mass is 32.2. The Morgan fingerprint density at radius 3 is 2.63 bits per heavy atom. The van der Waals surface area contributed by atoms with Crippen molar-refractivity contribution in [2.24, 2.45) is 5.73 Å². The number of hydrogen-bond acceptors (Lipinski definition) is 4. The normalized spacial score (nSPS) is 18.1. The number of thiophene rings is 1. The molecule has 1 aromatic heterocycles. The molecule has 0 atom stereocenters. The van der Waals surface area contributed by atoms with Crippen molar-refractivity contribution in [1.82, 2.24) is 4.31 Å². The summed E-state index contributed by atoms with van der Waals surface area (Å²) < 4.78 is 27.2. The molecule has 1 fully saturated rings. The molecule has 0 saturated heterocycles. The predicted molar refractivity (Wildman–Crippen MR) is 78.6 cm³/mol. The molecule has 4 nitrogen and oxygen atoms in total. The molecule has 1 aromatic rings. The lowest BCUT2D eigenvalue weighted by atomic mass is 9.95. The summed E-state index contributed by atoms with van der Waals surface area (Å²) in [5, 5.41) is 1.81. The molecule has 0 unspecified atom stereocenters. The molecule has 0 bridgehead atoms. The highest BCUT2D eigenvalue weighted by molar-refractivity contribution is 7.89. The highest BCUT2D eigenvalue weighted by Crippen LogP contribution is 2.30. The van der Waals surface area contributed by atoms with E-state index in [-0.39, 0.29) is 12.6 Å². The van der Waals surface area contributed by atoms with E-state index >= 15 is 0 Å². The molecule has 19 heavy (non-hydrogen) atoms. The van der Waals surface area contributed by atoms with Gasteiger partial charge in [0.2, 0.25) is 10.0 Å². The molecule has 0 spiro atoms. The van der Waals surface area contributed by atoms with Crippen molar-refractivity contribution in [3.63, 3.8) is 0 Å². The lowest BCUT2D eigenvalue weighted by Gasteiger charge is -2.32. The quantitative estimate of drug-likeness (QED) is 0.909. The Bertz CT molecular complexity index is 504. The first-order chi connectivity index (χ1) is 9.11. The van der Waals surface area contributed by atoms with Gasteiger partial charge in [0.05, 0.1) is 4.90 Å². The molecule has 2 N–H and O–H groups in total. The van der Waals surface area contributed by atoms with Crippen molar-refractivity contribution >= 4 is 21.4 Å². The third-order valence-corrected chi connectivity index (χ3v) is 6.95. The average Bonchev–Trinajstić information content (AvgIpc) is 2.89. The van der Waals surface area contributed by atoms with Crippen LogP contribution in [0.15, 0.2) is 16.3 Å². The molecule has 1 aliphatic rings. The van der Waals surface area contributed by atoms with Crippen LogP contribution in [0.5, 0.6) is 0 Å². The van der Waals surface area contributed by atoms with Gasteiger partial charge in [-0.3, -0.25) is 0 Å². The summed E-state index contributed by atoms with van der Waals surface area (Å²) >= 11 is 1.42. The number of nitrogens with two attached hydrogens (primary N) is 1. The van der Waals surface area contributed by atoms with Crippen molar-refractivity contribution in [3.8, 4) is 0 Å². The second-order valence-corrected chi connectivity index (χ2v) is 7.77. The SMILES string of the molecule is CCN(C1CCCCC1)S(=O)(=O)c1ccsc1CN. The maximum atomic E-state index is 12.8. The Hall–Kier alpha value is -0.430. The Labute approximate surface area is 119 Å². The van der Waals surface area contributed by atoms with E-state index in [1.165, 1.54) is 17.8 Å². The molecule has 0 amide bonds. The van der Waals surface area contributed by atoms with Crippen LogP contribution in [0.25, 0.3) is 0 Å². The molecule has 6 heteroatoms. The van der Waals surface area contributed by atoms with E-state index in [4.69, 9.17) is 5.73 Å². The van der Waals surface area contributed by atoms with Gasteiger partial charge < -0.3 is 5.73 Å². The fraction of sp³-hybridized carbons (Fsp3) is 0.692. The van der Waals surface area contributed by atoms with E-state index in [1.54, 1.807) is 10.4 Å². The monoisotopic (exact) mass is 302 g/mol. The average molecular weight is 302 g/mol. The molecule has 2 rings (SSSR count). The van der Waals surface area contributed by atoms with Gasteiger partial charge in [-0.05, 0) is 24.3 Å². The van der Waals surface area contributed by atoms with E-state index in [1.807, 2.05) is 12.3 Å². The minimum atomic E-state index is -3.39. The highest BCUT2D eigenvalue weighted by Gasteiger charge is 2.32. The summed E-state index contributed by atoms with van der Waals surface area (Å²) in [4.78, 5) is 1.17. The largest absolute Gasteiger partial charge is 0.326 e. The second-order valence-electron chi connectivity index (χ2n) is 4.91. The van der Waals surface area contributed by atoms with Crippen molar-refractivity contribution in [1.29, 1.82) is 0 Å². The van der Waals surface area contributed by atoms with Crippen LogP contribution in [-0.2, 0) is 16.6 Å². The predicted octanol–water partition coefficient (Wildman–Crippen LogP) is 2.55. The van der Waals surface area contributed by atoms with Gasteiger partial charge in [0.1, 0.15) is 0 Å². The topological polar surface area (TPSA) is 63.4 Å². The van der Waals surface area contributed by atoms with Crippen LogP contribution in [0.2, 0.25) is 0 Å². The van der Waals surface area contributed by atoms with Crippen LogP contribution in [0, 0.1) is 0 Å².